The summed E-state index contributed by atoms with van der Waals surface area (Å²) in [4.78, 5) is 11.3. The van der Waals surface area contributed by atoms with E-state index in [0.717, 1.165) is 39.5 Å². The molecule has 4 aromatic rings. The Kier molecular flexibility index (Phi) is 5.72. The average molecular weight is 420 g/mol. The molecule has 0 amide bonds. The highest BCUT2D eigenvalue weighted by atomic mass is 32.2. The van der Waals surface area contributed by atoms with Crippen LogP contribution in [0.1, 0.15) is 18.3 Å². The number of nitrogens with zero attached hydrogens (tertiary/aromatic N) is 3. The van der Waals surface area contributed by atoms with Gasteiger partial charge < -0.3 is 9.84 Å². The van der Waals surface area contributed by atoms with E-state index in [-0.39, 0.29) is 6.61 Å². The van der Waals surface area contributed by atoms with Crippen molar-refractivity contribution >= 4 is 28.5 Å². The summed E-state index contributed by atoms with van der Waals surface area (Å²) in [5.41, 5.74) is 2.00. The summed E-state index contributed by atoms with van der Waals surface area (Å²) in [6, 6.07) is 21.9. The first kappa shape index (κ1) is 20.0. The van der Waals surface area contributed by atoms with Crippen LogP contribution in [-0.4, -0.2) is 31.1 Å². The molecule has 0 aliphatic rings. The monoisotopic (exact) mass is 419 g/mol. The molecule has 0 bridgehead atoms. The second-order valence-electron chi connectivity index (χ2n) is 6.93. The van der Waals surface area contributed by atoms with Gasteiger partial charge in [0.15, 0.2) is 11.0 Å². The number of fused-ring (bicyclic) bond motifs is 1. The fourth-order valence-electron chi connectivity index (χ4n) is 3.10. The molecule has 152 valence electrons. The van der Waals surface area contributed by atoms with Crippen LogP contribution in [0.3, 0.4) is 0 Å². The number of benzene rings is 3. The molecule has 30 heavy (non-hydrogen) atoms. The molecular weight excluding hydrogens is 398 g/mol. The molecule has 0 radical (unpaired) electrons. The Hall–Kier alpha value is -3.32. The maximum absolute atomic E-state index is 11.3. The predicted octanol–water partition coefficient (Wildman–Crippen LogP) is 4.87. The lowest BCUT2D eigenvalue weighted by Gasteiger charge is -2.13. The number of hydrogen-bond acceptors (Lipinski definition) is 5. The number of carboxylic acid groups (broad SMARTS) is 1. The van der Waals surface area contributed by atoms with Gasteiger partial charge in [0.05, 0.1) is 0 Å². The molecule has 0 aliphatic heterocycles. The van der Waals surface area contributed by atoms with Crippen LogP contribution in [0, 0.1) is 6.92 Å². The van der Waals surface area contributed by atoms with E-state index in [9.17, 15) is 9.90 Å². The normalized spacial score (nSPS) is 12.1. The Bertz CT molecular complexity index is 1180. The molecule has 0 fully saturated rings. The SMILES string of the molecule is Cc1ccc(-n2c(COc3cccc4ccccc34)nnc2S[C@@H](C)C(=O)O)cc1. The molecule has 0 saturated carbocycles. The van der Waals surface area contributed by atoms with Crippen LogP contribution in [0.15, 0.2) is 71.9 Å². The zero-order valence-corrected chi connectivity index (χ0v) is 17.5. The molecule has 1 atom stereocenters. The molecule has 1 heterocycles. The van der Waals surface area contributed by atoms with Crippen molar-refractivity contribution in [3.05, 3.63) is 78.1 Å². The van der Waals surface area contributed by atoms with E-state index in [1.54, 1.807) is 6.92 Å². The first-order valence-electron chi connectivity index (χ1n) is 9.54. The highest BCUT2D eigenvalue weighted by Gasteiger charge is 2.21. The van der Waals surface area contributed by atoms with Crippen molar-refractivity contribution in [2.75, 3.05) is 0 Å². The van der Waals surface area contributed by atoms with E-state index in [1.807, 2.05) is 78.2 Å². The number of thioether (sulfide) groups is 1. The van der Waals surface area contributed by atoms with Gasteiger partial charge in [-0.3, -0.25) is 9.36 Å². The van der Waals surface area contributed by atoms with Crippen molar-refractivity contribution in [1.29, 1.82) is 0 Å². The minimum Gasteiger partial charge on any atom is -0.485 e. The Morgan fingerprint density at radius 1 is 1.07 bits per heavy atom. The van der Waals surface area contributed by atoms with Crippen molar-refractivity contribution in [2.24, 2.45) is 0 Å². The number of aliphatic carboxylic acids is 1. The van der Waals surface area contributed by atoms with Crippen molar-refractivity contribution < 1.29 is 14.6 Å². The van der Waals surface area contributed by atoms with E-state index in [4.69, 9.17) is 4.74 Å². The maximum Gasteiger partial charge on any atom is 0.316 e. The second kappa shape index (κ2) is 8.59. The van der Waals surface area contributed by atoms with Gasteiger partial charge in [0.2, 0.25) is 0 Å². The minimum absolute atomic E-state index is 0.205. The minimum atomic E-state index is -0.896. The Balaban J connectivity index is 1.67. The third-order valence-electron chi connectivity index (χ3n) is 4.73. The van der Waals surface area contributed by atoms with Crippen LogP contribution in [-0.2, 0) is 11.4 Å². The largest absolute Gasteiger partial charge is 0.485 e. The number of carboxylic acids is 1. The molecule has 6 nitrogen and oxygen atoms in total. The van der Waals surface area contributed by atoms with Gasteiger partial charge in [0, 0.05) is 11.1 Å². The number of aryl methyl sites for hydroxylation is 1. The van der Waals surface area contributed by atoms with Gasteiger partial charge in [-0.1, -0.05) is 65.9 Å². The first-order valence-corrected chi connectivity index (χ1v) is 10.4. The lowest BCUT2D eigenvalue weighted by atomic mass is 10.1. The molecule has 7 heteroatoms. The van der Waals surface area contributed by atoms with E-state index in [1.165, 1.54) is 0 Å². The average Bonchev–Trinajstić information content (AvgIpc) is 3.15. The van der Waals surface area contributed by atoms with Crippen molar-refractivity contribution in [3.63, 3.8) is 0 Å². The van der Waals surface area contributed by atoms with Crippen LogP contribution in [0.25, 0.3) is 16.5 Å². The molecule has 1 aromatic heterocycles. The quantitative estimate of drug-likeness (QED) is 0.431. The smallest absolute Gasteiger partial charge is 0.316 e. The maximum atomic E-state index is 11.3. The van der Waals surface area contributed by atoms with Crippen molar-refractivity contribution in [2.45, 2.75) is 30.9 Å². The molecule has 0 aliphatic carbocycles. The zero-order chi connectivity index (χ0) is 21.1. The van der Waals surface area contributed by atoms with Crippen LogP contribution in [0.4, 0.5) is 0 Å². The summed E-state index contributed by atoms with van der Waals surface area (Å²) in [5, 5.41) is 19.8. The third-order valence-corrected chi connectivity index (χ3v) is 5.76. The lowest BCUT2D eigenvalue weighted by Crippen LogP contribution is -2.13. The van der Waals surface area contributed by atoms with Crippen molar-refractivity contribution in [1.82, 2.24) is 14.8 Å². The van der Waals surface area contributed by atoms with Gasteiger partial charge in [-0.2, -0.15) is 0 Å². The summed E-state index contributed by atoms with van der Waals surface area (Å²) in [6.45, 7) is 3.85. The van der Waals surface area contributed by atoms with E-state index < -0.39 is 11.2 Å². The molecule has 3 aromatic carbocycles. The third kappa shape index (κ3) is 4.16. The molecule has 0 saturated heterocycles. The van der Waals surface area contributed by atoms with Gasteiger partial charge in [0.1, 0.15) is 17.6 Å². The van der Waals surface area contributed by atoms with E-state index in [2.05, 4.69) is 10.2 Å². The fourth-order valence-corrected chi connectivity index (χ4v) is 3.92. The number of carbonyl (C=O) groups is 1. The van der Waals surface area contributed by atoms with Crippen LogP contribution < -0.4 is 4.74 Å². The van der Waals surface area contributed by atoms with E-state index >= 15 is 0 Å². The fraction of sp³-hybridized carbons (Fsp3) is 0.174. The summed E-state index contributed by atoms with van der Waals surface area (Å²) < 4.78 is 7.96. The molecule has 0 unspecified atom stereocenters. The molecule has 1 N–H and O–H groups in total. The zero-order valence-electron chi connectivity index (χ0n) is 16.6. The lowest BCUT2D eigenvalue weighted by molar-refractivity contribution is -0.136. The number of ether oxygens (including phenoxy) is 1. The van der Waals surface area contributed by atoms with Crippen LogP contribution in [0.5, 0.6) is 5.75 Å². The molecule has 4 rings (SSSR count). The van der Waals surface area contributed by atoms with Crippen LogP contribution in [0.2, 0.25) is 0 Å². The van der Waals surface area contributed by atoms with Gasteiger partial charge in [0.25, 0.3) is 0 Å². The summed E-state index contributed by atoms with van der Waals surface area (Å²) >= 11 is 1.16. The Morgan fingerprint density at radius 3 is 2.57 bits per heavy atom. The van der Waals surface area contributed by atoms with Crippen molar-refractivity contribution in [3.8, 4) is 11.4 Å². The standard InChI is InChI=1S/C23H21N3O3S/c1-15-10-12-18(13-11-15)26-21(24-25-23(26)30-16(2)22(27)28)14-29-20-9-5-7-17-6-3-4-8-19(17)20/h3-13,16H,14H2,1-2H3,(H,27,28)/t16-/m0/s1. The number of rotatable bonds is 7. The molecule has 0 spiro atoms. The second-order valence-corrected chi connectivity index (χ2v) is 8.24. The highest BCUT2D eigenvalue weighted by Crippen LogP contribution is 2.29. The van der Waals surface area contributed by atoms with Gasteiger partial charge in [-0.25, -0.2) is 0 Å². The highest BCUT2D eigenvalue weighted by molar-refractivity contribution is 8.00. The van der Waals surface area contributed by atoms with Crippen LogP contribution >= 0.6 is 11.8 Å². The van der Waals surface area contributed by atoms with Gasteiger partial charge >= 0.3 is 5.97 Å². The summed E-state index contributed by atoms with van der Waals surface area (Å²) in [7, 11) is 0. The van der Waals surface area contributed by atoms with E-state index in [0.29, 0.717) is 11.0 Å². The number of aromatic nitrogens is 3. The van der Waals surface area contributed by atoms with Gasteiger partial charge in [-0.05, 0) is 37.4 Å². The Labute approximate surface area is 178 Å². The summed E-state index contributed by atoms with van der Waals surface area (Å²) in [5.74, 6) is 0.471. The predicted molar refractivity (Wildman–Crippen MR) is 117 cm³/mol. The Morgan fingerprint density at radius 2 is 1.80 bits per heavy atom. The molecular formula is C23H21N3O3S. The first-order chi connectivity index (χ1) is 14.5. The summed E-state index contributed by atoms with van der Waals surface area (Å²) in [6.07, 6.45) is 0. The topological polar surface area (TPSA) is 77.2 Å². The van der Waals surface area contributed by atoms with Gasteiger partial charge in [-0.15, -0.1) is 10.2 Å². The number of hydrogen-bond donors (Lipinski definition) is 1.